The molecular weight excluding hydrogens is 255 g/mol. The van der Waals surface area contributed by atoms with Gasteiger partial charge in [-0.2, -0.15) is 4.31 Å². The molecule has 0 amide bonds. The van der Waals surface area contributed by atoms with Gasteiger partial charge in [-0.05, 0) is 17.7 Å². The predicted molar refractivity (Wildman–Crippen MR) is 68.9 cm³/mol. The molecule has 0 saturated carbocycles. The third kappa shape index (κ3) is 2.95. The van der Waals surface area contributed by atoms with E-state index in [1.807, 2.05) is 0 Å². The fraction of sp³-hybridized carbons (Fsp3) is 0.333. The van der Waals surface area contributed by atoms with Gasteiger partial charge in [-0.3, -0.25) is 0 Å². The maximum Gasteiger partial charge on any atom is 0.243 e. The largest absolute Gasteiger partial charge is 0.326 e. The van der Waals surface area contributed by atoms with E-state index in [2.05, 4.69) is 6.58 Å². The van der Waals surface area contributed by atoms with Gasteiger partial charge in [-0.15, -0.1) is 6.58 Å². The third-order valence-electron chi connectivity index (χ3n) is 2.55. The van der Waals surface area contributed by atoms with E-state index in [-0.39, 0.29) is 24.5 Å². The van der Waals surface area contributed by atoms with E-state index in [9.17, 15) is 12.8 Å². The maximum absolute atomic E-state index is 13.2. The van der Waals surface area contributed by atoms with Gasteiger partial charge in [-0.25, -0.2) is 12.8 Å². The van der Waals surface area contributed by atoms with Gasteiger partial charge < -0.3 is 5.73 Å². The second-order valence-corrected chi connectivity index (χ2v) is 5.61. The van der Waals surface area contributed by atoms with Crippen molar-refractivity contribution in [2.24, 2.45) is 5.73 Å². The first-order chi connectivity index (χ1) is 8.47. The molecule has 1 rings (SSSR count). The minimum absolute atomic E-state index is 0.0421. The summed E-state index contributed by atoms with van der Waals surface area (Å²) in [5.41, 5.74) is 5.89. The van der Waals surface area contributed by atoms with Gasteiger partial charge >= 0.3 is 0 Å². The number of nitrogens with zero attached hydrogens (tertiary/aromatic N) is 1. The number of hydrogen-bond acceptors (Lipinski definition) is 3. The van der Waals surface area contributed by atoms with E-state index in [0.29, 0.717) is 5.56 Å². The number of hydrogen-bond donors (Lipinski definition) is 1. The summed E-state index contributed by atoms with van der Waals surface area (Å²) in [4.78, 5) is -0.0753. The van der Waals surface area contributed by atoms with Crippen molar-refractivity contribution in [2.75, 3.05) is 13.1 Å². The van der Waals surface area contributed by atoms with Gasteiger partial charge in [0, 0.05) is 19.6 Å². The third-order valence-corrected chi connectivity index (χ3v) is 4.58. The summed E-state index contributed by atoms with van der Waals surface area (Å²) in [6.07, 6.45) is 1.49. The summed E-state index contributed by atoms with van der Waals surface area (Å²) in [5.74, 6) is -0.597. The van der Waals surface area contributed by atoms with Crippen LogP contribution in [-0.4, -0.2) is 25.8 Å². The van der Waals surface area contributed by atoms with Crippen molar-refractivity contribution < 1.29 is 12.8 Å². The molecule has 0 spiro atoms. The van der Waals surface area contributed by atoms with Gasteiger partial charge in [-0.1, -0.05) is 19.1 Å². The highest BCUT2D eigenvalue weighted by Crippen LogP contribution is 2.21. The van der Waals surface area contributed by atoms with E-state index in [1.165, 1.54) is 22.5 Å². The van der Waals surface area contributed by atoms with Crippen LogP contribution in [0, 0.1) is 5.82 Å². The first kappa shape index (κ1) is 14.8. The van der Waals surface area contributed by atoms with E-state index in [1.54, 1.807) is 6.92 Å². The zero-order valence-corrected chi connectivity index (χ0v) is 11.1. The molecule has 4 nitrogen and oxygen atoms in total. The Bertz CT molecular complexity index is 529. The van der Waals surface area contributed by atoms with Crippen LogP contribution in [0.3, 0.4) is 0 Å². The zero-order valence-electron chi connectivity index (χ0n) is 10.3. The van der Waals surface area contributed by atoms with Crippen LogP contribution >= 0.6 is 0 Å². The second-order valence-electron chi connectivity index (χ2n) is 3.70. The highest BCUT2D eigenvalue weighted by atomic mass is 32.2. The van der Waals surface area contributed by atoms with Gasteiger partial charge in [0.2, 0.25) is 10.0 Å². The predicted octanol–water partition coefficient (Wildman–Crippen LogP) is 1.48. The molecule has 0 unspecified atom stereocenters. The quantitative estimate of drug-likeness (QED) is 0.798. The summed E-state index contributed by atoms with van der Waals surface area (Å²) in [6.45, 7) is 5.73. The van der Waals surface area contributed by atoms with Crippen LogP contribution in [0.2, 0.25) is 0 Å². The van der Waals surface area contributed by atoms with Gasteiger partial charge in [0.25, 0.3) is 0 Å². The Kier molecular flexibility index (Phi) is 5.01. The average Bonchev–Trinajstić information content (AvgIpc) is 2.35. The number of halogens is 1. The summed E-state index contributed by atoms with van der Waals surface area (Å²) < 4.78 is 39.1. The lowest BCUT2D eigenvalue weighted by Gasteiger charge is -2.20. The normalized spacial score (nSPS) is 11.8. The summed E-state index contributed by atoms with van der Waals surface area (Å²) in [7, 11) is -3.74. The number of nitrogens with two attached hydrogens (primary N) is 1. The molecule has 2 N–H and O–H groups in total. The van der Waals surface area contributed by atoms with Crippen LogP contribution in [0.4, 0.5) is 4.39 Å². The van der Waals surface area contributed by atoms with E-state index < -0.39 is 15.8 Å². The summed E-state index contributed by atoms with van der Waals surface area (Å²) >= 11 is 0. The Morgan fingerprint density at radius 3 is 2.67 bits per heavy atom. The Labute approximate surface area is 107 Å². The maximum atomic E-state index is 13.2. The lowest BCUT2D eigenvalue weighted by Crippen LogP contribution is -2.32. The molecule has 1 aromatic carbocycles. The molecule has 0 bridgehead atoms. The first-order valence-electron chi connectivity index (χ1n) is 5.56. The van der Waals surface area contributed by atoms with Crippen LogP contribution in [0.15, 0.2) is 35.7 Å². The second kappa shape index (κ2) is 6.08. The van der Waals surface area contributed by atoms with Crippen molar-refractivity contribution in [1.82, 2.24) is 4.31 Å². The van der Waals surface area contributed by atoms with Gasteiger partial charge in [0.05, 0.1) is 4.90 Å². The molecule has 0 aliphatic rings. The summed E-state index contributed by atoms with van der Waals surface area (Å²) in [5, 5.41) is 0. The number of likely N-dealkylation sites (N-methyl/N-ethyl adjacent to an activating group) is 1. The lowest BCUT2D eigenvalue weighted by molar-refractivity contribution is 0.458. The highest BCUT2D eigenvalue weighted by molar-refractivity contribution is 7.89. The molecular formula is C12H17FN2O2S. The van der Waals surface area contributed by atoms with Crippen molar-refractivity contribution in [2.45, 2.75) is 18.4 Å². The van der Waals surface area contributed by atoms with Crippen molar-refractivity contribution >= 4 is 10.0 Å². The molecule has 100 valence electrons. The molecule has 0 atom stereocenters. The zero-order chi connectivity index (χ0) is 13.8. The monoisotopic (exact) mass is 272 g/mol. The van der Waals surface area contributed by atoms with E-state index in [4.69, 9.17) is 5.73 Å². The number of benzene rings is 1. The minimum Gasteiger partial charge on any atom is -0.326 e. The fourth-order valence-corrected chi connectivity index (χ4v) is 3.28. The Morgan fingerprint density at radius 2 is 2.17 bits per heavy atom. The number of rotatable bonds is 6. The summed E-state index contributed by atoms with van der Waals surface area (Å²) in [6, 6.07) is 3.60. The molecule has 0 aliphatic heterocycles. The molecule has 0 heterocycles. The van der Waals surface area contributed by atoms with Crippen LogP contribution in [0.1, 0.15) is 12.5 Å². The van der Waals surface area contributed by atoms with Gasteiger partial charge in [0.1, 0.15) is 5.82 Å². The minimum atomic E-state index is -3.74. The molecule has 0 aromatic heterocycles. The van der Waals surface area contributed by atoms with Gasteiger partial charge in [0.15, 0.2) is 0 Å². The topological polar surface area (TPSA) is 63.4 Å². The first-order valence-corrected chi connectivity index (χ1v) is 7.00. The van der Waals surface area contributed by atoms with E-state index >= 15 is 0 Å². The van der Waals surface area contributed by atoms with E-state index in [0.717, 1.165) is 6.07 Å². The SMILES string of the molecule is C=CCN(CC)S(=O)(=O)c1cc(F)ccc1CN. The molecule has 0 fully saturated rings. The smallest absolute Gasteiger partial charge is 0.243 e. The fourth-order valence-electron chi connectivity index (χ4n) is 1.62. The Balaban J connectivity index is 3.34. The number of sulfonamides is 1. The van der Waals surface area contributed by atoms with Crippen LogP contribution in [0.5, 0.6) is 0 Å². The van der Waals surface area contributed by atoms with Crippen LogP contribution < -0.4 is 5.73 Å². The molecule has 0 aliphatic carbocycles. The van der Waals surface area contributed by atoms with Crippen molar-refractivity contribution in [3.63, 3.8) is 0 Å². The Hall–Kier alpha value is -1.24. The Morgan fingerprint density at radius 1 is 1.50 bits per heavy atom. The standard InChI is InChI=1S/C12H17FN2O2S/c1-3-7-15(4-2)18(16,17)12-8-11(13)6-5-10(12)9-14/h3,5-6,8H,1,4,7,9,14H2,2H3. The molecule has 1 aromatic rings. The molecule has 6 heteroatoms. The van der Waals surface area contributed by atoms with Crippen LogP contribution in [-0.2, 0) is 16.6 Å². The lowest BCUT2D eigenvalue weighted by atomic mass is 10.2. The van der Waals surface area contributed by atoms with Crippen molar-refractivity contribution in [1.29, 1.82) is 0 Å². The van der Waals surface area contributed by atoms with Crippen molar-refractivity contribution in [3.8, 4) is 0 Å². The highest BCUT2D eigenvalue weighted by Gasteiger charge is 2.25. The van der Waals surface area contributed by atoms with Crippen molar-refractivity contribution in [3.05, 3.63) is 42.2 Å². The molecule has 0 saturated heterocycles. The molecule has 18 heavy (non-hydrogen) atoms. The average molecular weight is 272 g/mol. The van der Waals surface area contributed by atoms with Crippen LogP contribution in [0.25, 0.3) is 0 Å². The molecule has 0 radical (unpaired) electrons.